The molecule has 1 spiro atoms. The number of likely N-dealkylation sites (tertiary alicyclic amines) is 1. The van der Waals surface area contributed by atoms with Crippen LogP contribution in [-0.2, 0) is 39.0 Å². The lowest BCUT2D eigenvalue weighted by molar-refractivity contribution is -0.203. The Hall–Kier alpha value is -3.98. The second kappa shape index (κ2) is 16.4. The molecule has 3 aromatic rings. The average molecular weight is 828 g/mol. The number of hydrogen-bond donors (Lipinski definition) is 6. The van der Waals surface area contributed by atoms with Gasteiger partial charge in [0.25, 0.3) is 5.91 Å². The predicted octanol–water partition coefficient (Wildman–Crippen LogP) is 3.23. The highest BCUT2D eigenvalue weighted by Gasteiger charge is 2.78. The van der Waals surface area contributed by atoms with Gasteiger partial charge in [0, 0.05) is 91.6 Å². The molecule has 326 valence electrons. The number of benzene rings is 2. The highest BCUT2D eigenvalue weighted by molar-refractivity contribution is 5.90. The van der Waals surface area contributed by atoms with E-state index in [1.807, 2.05) is 37.1 Å². The molecular weight excluding hydrogens is 763 g/mol. The first-order valence-electron chi connectivity index (χ1n) is 22.1. The molecule has 1 saturated carbocycles. The summed E-state index contributed by atoms with van der Waals surface area (Å²) >= 11 is 0. The molecule has 5 aliphatic rings. The van der Waals surface area contributed by atoms with Crippen LogP contribution in [0.25, 0.3) is 10.9 Å². The maximum Gasteiger partial charge on any atom is 0.311 e. The van der Waals surface area contributed by atoms with Crippen molar-refractivity contribution in [3.63, 3.8) is 0 Å². The van der Waals surface area contributed by atoms with Crippen LogP contribution in [0, 0.1) is 11.3 Å². The molecule has 13 nitrogen and oxygen atoms in total. The number of amides is 1. The number of carbonyl (C=O) groups excluding carboxylic acids is 2. The standard InChI is InChI=1S/C47H65N5O8/c1-6-44(57)27-30(28-51(29-44)21-16-33-32-12-8-9-13-35(32)49-36(33)25-39(54)60-5)14-15-31-24-34-37(26-38(31)59-4)50(3)41-46(34)18-22-52-20-10-17-45(7-2,40(46)52)42(55)47(41,58)43(56)48-19-11-23-53/h8-10,12-13,17,24,26,30,40-42,49,53,55,57-58H,6-7,11,14-16,18-23,25,27-29H2,1-5H3,(H,48,56)/t30-,40?,41?,42-,44?,45?,46?,47+/m1/s1. The zero-order chi connectivity index (χ0) is 42.6. The van der Waals surface area contributed by atoms with Gasteiger partial charge in [-0.05, 0) is 92.7 Å². The second-order valence-corrected chi connectivity index (χ2v) is 18.4. The number of likely N-dealkylation sites (N-methyl/N-ethyl adjacent to an activating group) is 1. The van der Waals surface area contributed by atoms with Crippen molar-refractivity contribution in [2.75, 3.05) is 72.0 Å². The number of nitrogens with one attached hydrogen (secondary N) is 2. The van der Waals surface area contributed by atoms with Crippen LogP contribution in [0.3, 0.4) is 0 Å². The summed E-state index contributed by atoms with van der Waals surface area (Å²) in [6.45, 7) is 7.85. The largest absolute Gasteiger partial charge is 0.496 e. The fraction of sp³-hybridized carbons (Fsp3) is 0.617. The fourth-order valence-electron chi connectivity index (χ4n) is 12.6. The van der Waals surface area contributed by atoms with Crippen LogP contribution in [0.1, 0.15) is 74.8 Å². The van der Waals surface area contributed by atoms with Crippen molar-refractivity contribution in [1.29, 1.82) is 0 Å². The molecule has 0 radical (unpaired) electrons. The number of aliphatic hydroxyl groups is 4. The van der Waals surface area contributed by atoms with Crippen molar-refractivity contribution >= 4 is 28.5 Å². The van der Waals surface area contributed by atoms with E-state index in [1.165, 1.54) is 7.11 Å². The van der Waals surface area contributed by atoms with Gasteiger partial charge in [-0.15, -0.1) is 0 Å². The zero-order valence-electron chi connectivity index (χ0n) is 36.0. The van der Waals surface area contributed by atoms with Crippen LogP contribution >= 0.6 is 0 Å². The number of aryl methyl sites for hydroxylation is 1. The summed E-state index contributed by atoms with van der Waals surface area (Å²) in [5.74, 6) is 0.0524. The van der Waals surface area contributed by atoms with E-state index >= 15 is 0 Å². The summed E-state index contributed by atoms with van der Waals surface area (Å²) in [4.78, 5) is 37.0. The molecule has 1 amide bonds. The predicted molar refractivity (Wildman–Crippen MR) is 230 cm³/mol. The van der Waals surface area contributed by atoms with Crippen molar-refractivity contribution in [1.82, 2.24) is 20.1 Å². The first-order valence-corrected chi connectivity index (χ1v) is 22.1. The number of nitrogens with zero attached hydrogens (tertiary/aromatic N) is 3. The lowest BCUT2D eigenvalue weighted by Gasteiger charge is -2.63. The topological polar surface area (TPSA) is 171 Å². The average Bonchev–Trinajstić information content (AvgIpc) is 3.89. The number of aromatic amines is 1. The normalized spacial score (nSPS) is 32.2. The van der Waals surface area contributed by atoms with Crippen LogP contribution in [0.2, 0.25) is 0 Å². The van der Waals surface area contributed by atoms with Crippen molar-refractivity contribution in [2.24, 2.45) is 11.3 Å². The maximum atomic E-state index is 14.3. The van der Waals surface area contributed by atoms with Crippen LogP contribution in [0.5, 0.6) is 5.75 Å². The van der Waals surface area contributed by atoms with E-state index in [-0.39, 0.29) is 37.5 Å². The minimum absolute atomic E-state index is 0.0951. The molecule has 6 N–H and O–H groups in total. The quantitative estimate of drug-likeness (QED) is 0.0756. The van der Waals surface area contributed by atoms with E-state index in [1.54, 1.807) is 7.11 Å². The molecule has 2 aromatic carbocycles. The Morgan fingerprint density at radius 1 is 1.07 bits per heavy atom. The number of H-pyrrole nitrogens is 1. The first kappa shape index (κ1) is 42.7. The van der Waals surface area contributed by atoms with E-state index in [0.717, 1.165) is 83.7 Å². The van der Waals surface area contributed by atoms with Crippen LogP contribution in [0.15, 0.2) is 48.6 Å². The van der Waals surface area contributed by atoms with Gasteiger partial charge >= 0.3 is 5.97 Å². The lowest BCUT2D eigenvalue weighted by Crippen LogP contribution is -2.81. The van der Waals surface area contributed by atoms with Crippen LogP contribution in [-0.4, -0.2) is 144 Å². The third kappa shape index (κ3) is 6.66. The van der Waals surface area contributed by atoms with Gasteiger partial charge in [0.05, 0.1) is 32.3 Å². The van der Waals surface area contributed by atoms with Gasteiger partial charge in [-0.2, -0.15) is 0 Å². The van der Waals surface area contributed by atoms with E-state index in [0.29, 0.717) is 45.1 Å². The summed E-state index contributed by atoms with van der Waals surface area (Å²) < 4.78 is 11.1. The van der Waals surface area contributed by atoms with E-state index in [4.69, 9.17) is 9.47 Å². The smallest absolute Gasteiger partial charge is 0.311 e. The van der Waals surface area contributed by atoms with Crippen molar-refractivity contribution < 1.29 is 39.5 Å². The summed E-state index contributed by atoms with van der Waals surface area (Å²) in [5.41, 5.74) is 1.48. The molecule has 1 aromatic heterocycles. The molecule has 8 rings (SSSR count). The molecule has 8 atom stereocenters. The molecule has 3 fully saturated rings. The van der Waals surface area contributed by atoms with Gasteiger partial charge in [0.1, 0.15) is 11.9 Å². The lowest BCUT2D eigenvalue weighted by atomic mass is 9.47. The van der Waals surface area contributed by atoms with Gasteiger partial charge in [-0.25, -0.2) is 0 Å². The number of anilines is 1. The third-order valence-electron chi connectivity index (χ3n) is 15.3. The molecule has 1 aliphatic carbocycles. The number of methoxy groups -OCH3 is 2. The number of piperidine rings is 1. The molecular formula is C47H65N5O8. The van der Waals surface area contributed by atoms with Gasteiger partial charge in [0.15, 0.2) is 5.60 Å². The molecule has 13 heteroatoms. The summed E-state index contributed by atoms with van der Waals surface area (Å²) in [6.07, 6.45) is 8.17. The van der Waals surface area contributed by atoms with Gasteiger partial charge < -0.3 is 45.1 Å². The number of aromatic nitrogens is 1. The Morgan fingerprint density at radius 3 is 2.60 bits per heavy atom. The van der Waals surface area contributed by atoms with Crippen molar-refractivity contribution in [3.05, 3.63) is 70.9 Å². The third-order valence-corrected chi connectivity index (χ3v) is 15.3. The molecule has 0 bridgehead atoms. The number of carbonyl (C=O) groups is 2. The molecule has 4 aliphatic heterocycles. The number of aliphatic hydroxyl groups excluding tert-OH is 2. The number of ether oxygens (including phenoxy) is 2. The Morgan fingerprint density at radius 2 is 1.87 bits per heavy atom. The monoisotopic (exact) mass is 827 g/mol. The number of β-amino-alcohol motifs (C(OH)–C–C–N with tert-alkyl or cyclic N) is 1. The highest BCUT2D eigenvalue weighted by Crippen LogP contribution is 2.67. The number of para-hydroxylation sites is 1. The minimum Gasteiger partial charge on any atom is -0.496 e. The summed E-state index contributed by atoms with van der Waals surface area (Å²) in [5, 5.41) is 50.8. The Balaban J connectivity index is 1.09. The molecule has 5 heterocycles. The SMILES string of the molecule is CCC1(O)C[C@@H](CCc2cc3c(cc2OC)N(C)C2C34CCN3CC=CC(CC)(C34)[C@@H](O)[C@]2(O)C(=O)NCCCO)CN(CCc2c(CC(=O)OC)[nH]c3ccccc23)C1. The van der Waals surface area contributed by atoms with Crippen LogP contribution in [0.4, 0.5) is 5.69 Å². The number of hydrogen-bond acceptors (Lipinski definition) is 11. The molecule has 60 heavy (non-hydrogen) atoms. The number of esters is 1. The Labute approximate surface area is 353 Å². The maximum absolute atomic E-state index is 14.3. The Kier molecular flexibility index (Phi) is 11.7. The molecule has 2 saturated heterocycles. The first-order chi connectivity index (χ1) is 28.8. The fourth-order valence-corrected chi connectivity index (χ4v) is 12.6. The summed E-state index contributed by atoms with van der Waals surface area (Å²) in [7, 11) is 5.02. The number of rotatable bonds is 15. The molecule has 5 unspecified atom stereocenters. The second-order valence-electron chi connectivity index (χ2n) is 18.4. The van der Waals surface area contributed by atoms with Crippen molar-refractivity contribution in [2.45, 2.75) is 106 Å². The summed E-state index contributed by atoms with van der Waals surface area (Å²) in [6, 6.07) is 11.6. The van der Waals surface area contributed by atoms with E-state index in [9.17, 15) is 30.0 Å². The van der Waals surface area contributed by atoms with E-state index < -0.39 is 40.1 Å². The highest BCUT2D eigenvalue weighted by atomic mass is 16.5. The van der Waals surface area contributed by atoms with E-state index in [2.05, 4.69) is 57.4 Å². The number of fused-ring (bicyclic) bond motifs is 2. The van der Waals surface area contributed by atoms with Gasteiger partial charge in [0.2, 0.25) is 0 Å². The zero-order valence-corrected chi connectivity index (χ0v) is 36.0. The Bertz CT molecular complexity index is 2120. The van der Waals surface area contributed by atoms with Gasteiger partial charge in [-0.1, -0.05) is 44.2 Å². The van der Waals surface area contributed by atoms with Gasteiger partial charge in [-0.3, -0.25) is 19.4 Å². The minimum atomic E-state index is -2.15. The van der Waals surface area contributed by atoms with Crippen molar-refractivity contribution in [3.8, 4) is 5.75 Å². The van der Waals surface area contributed by atoms with Crippen LogP contribution < -0.4 is 15.0 Å².